The van der Waals surface area contributed by atoms with Crippen LogP contribution < -0.4 is 0 Å². The van der Waals surface area contributed by atoms with Gasteiger partial charge >= 0.3 is 5.97 Å². The van der Waals surface area contributed by atoms with E-state index in [0.29, 0.717) is 12.2 Å². The van der Waals surface area contributed by atoms with Crippen molar-refractivity contribution in [3.63, 3.8) is 0 Å². The monoisotopic (exact) mass is 172 g/mol. The molecule has 0 aromatic rings. The number of allylic oxidation sites excluding steroid dienone is 1. The first-order valence-corrected chi connectivity index (χ1v) is 4.25. The van der Waals surface area contributed by atoms with Crippen molar-refractivity contribution in [3.8, 4) is 0 Å². The van der Waals surface area contributed by atoms with Crippen LogP contribution >= 0.6 is 0 Å². The molecule has 0 aliphatic heterocycles. The van der Waals surface area contributed by atoms with E-state index in [0.717, 1.165) is 19.3 Å². The summed E-state index contributed by atoms with van der Waals surface area (Å²) >= 11 is 0. The van der Waals surface area contributed by atoms with Crippen molar-refractivity contribution in [2.24, 2.45) is 0 Å². The van der Waals surface area contributed by atoms with Crippen molar-refractivity contribution in [1.82, 2.24) is 0 Å². The summed E-state index contributed by atoms with van der Waals surface area (Å²) in [6.07, 6.45) is 2.81. The Labute approximate surface area is 73.3 Å². The molecule has 0 rings (SSSR count). The van der Waals surface area contributed by atoms with Crippen molar-refractivity contribution < 1.29 is 14.6 Å². The van der Waals surface area contributed by atoms with Crippen molar-refractivity contribution in [1.29, 1.82) is 0 Å². The molecule has 0 bridgehead atoms. The van der Waals surface area contributed by atoms with Gasteiger partial charge in [-0.15, -0.1) is 0 Å². The number of hydrogen-bond donors (Lipinski definition) is 0. The molecule has 0 N–H and O–H groups in total. The minimum atomic E-state index is -0.338. The third-order valence-corrected chi connectivity index (χ3v) is 1.24. The second kappa shape index (κ2) is 6.70. The van der Waals surface area contributed by atoms with Gasteiger partial charge < -0.3 is 0 Å². The summed E-state index contributed by atoms with van der Waals surface area (Å²) in [6.45, 7) is 7.48. The van der Waals surface area contributed by atoms with Crippen molar-refractivity contribution in [2.75, 3.05) is 0 Å². The Kier molecular flexibility index (Phi) is 6.15. The molecule has 70 valence electrons. The first-order chi connectivity index (χ1) is 5.70. The lowest BCUT2D eigenvalue weighted by Crippen LogP contribution is -2.04. The van der Waals surface area contributed by atoms with Crippen LogP contribution in [-0.2, 0) is 14.6 Å². The molecule has 0 atom stereocenters. The molecule has 0 radical (unpaired) electrons. The van der Waals surface area contributed by atoms with Gasteiger partial charge in [0.05, 0.1) is 0 Å². The van der Waals surface area contributed by atoms with Gasteiger partial charge in [-0.1, -0.05) is 20.4 Å². The molecule has 0 amide bonds. The SMILES string of the molecule is C=C(CCC)OOC(=O)CCC. The number of hydrogen-bond acceptors (Lipinski definition) is 3. The smallest absolute Gasteiger partial charge is 0.292 e. The Morgan fingerprint density at radius 1 is 1.17 bits per heavy atom. The Morgan fingerprint density at radius 3 is 2.25 bits per heavy atom. The molecular formula is C9H16O3. The molecule has 0 spiro atoms. The molecular weight excluding hydrogens is 156 g/mol. The molecule has 0 aromatic carbocycles. The van der Waals surface area contributed by atoms with Gasteiger partial charge in [-0.25, -0.2) is 4.79 Å². The molecule has 3 heteroatoms. The van der Waals surface area contributed by atoms with Gasteiger partial charge in [0.1, 0.15) is 5.76 Å². The molecule has 0 fully saturated rings. The quantitative estimate of drug-likeness (QED) is 0.351. The summed E-state index contributed by atoms with van der Waals surface area (Å²) in [5.74, 6) is 0.164. The van der Waals surface area contributed by atoms with Crippen LogP contribution in [0.3, 0.4) is 0 Å². The van der Waals surface area contributed by atoms with E-state index < -0.39 is 0 Å². The summed E-state index contributed by atoms with van der Waals surface area (Å²) in [5.41, 5.74) is 0. The minimum absolute atomic E-state index is 0.338. The van der Waals surface area contributed by atoms with Crippen molar-refractivity contribution in [3.05, 3.63) is 12.3 Å². The molecule has 0 heterocycles. The molecule has 0 aliphatic rings. The van der Waals surface area contributed by atoms with E-state index in [9.17, 15) is 4.79 Å². The largest absolute Gasteiger partial charge is 0.355 e. The normalized spacial score (nSPS) is 9.17. The van der Waals surface area contributed by atoms with Gasteiger partial charge in [0, 0.05) is 12.8 Å². The van der Waals surface area contributed by atoms with Gasteiger partial charge in [0.15, 0.2) is 0 Å². The highest BCUT2D eigenvalue weighted by Gasteiger charge is 2.02. The van der Waals surface area contributed by atoms with Gasteiger partial charge in [0.25, 0.3) is 0 Å². The highest BCUT2D eigenvalue weighted by atomic mass is 17.2. The molecule has 0 aliphatic carbocycles. The first-order valence-electron chi connectivity index (χ1n) is 4.25. The van der Waals surface area contributed by atoms with Crippen molar-refractivity contribution >= 4 is 5.97 Å². The first kappa shape index (κ1) is 11.0. The van der Waals surface area contributed by atoms with Gasteiger partial charge in [-0.3, -0.25) is 9.78 Å². The zero-order chi connectivity index (χ0) is 9.40. The van der Waals surface area contributed by atoms with Crippen LogP contribution in [0, 0.1) is 0 Å². The van der Waals surface area contributed by atoms with Crippen LogP contribution in [0.25, 0.3) is 0 Å². The third-order valence-electron chi connectivity index (χ3n) is 1.24. The van der Waals surface area contributed by atoms with Crippen LogP contribution in [0.2, 0.25) is 0 Å². The predicted molar refractivity (Wildman–Crippen MR) is 46.1 cm³/mol. The average Bonchev–Trinajstić information content (AvgIpc) is 2.02. The van der Waals surface area contributed by atoms with Crippen LogP contribution in [0.5, 0.6) is 0 Å². The van der Waals surface area contributed by atoms with Crippen LogP contribution in [0.4, 0.5) is 0 Å². The third kappa shape index (κ3) is 5.77. The van der Waals surface area contributed by atoms with Gasteiger partial charge in [0.2, 0.25) is 0 Å². The fraction of sp³-hybridized carbons (Fsp3) is 0.667. The summed E-state index contributed by atoms with van der Waals surface area (Å²) in [6, 6.07) is 0. The lowest BCUT2D eigenvalue weighted by molar-refractivity contribution is -0.248. The lowest BCUT2D eigenvalue weighted by atomic mass is 10.3. The van der Waals surface area contributed by atoms with E-state index in [-0.39, 0.29) is 5.97 Å². The number of carbonyl (C=O) groups excluding carboxylic acids is 1. The predicted octanol–water partition coefficient (Wildman–Crippen LogP) is 2.58. The van der Waals surface area contributed by atoms with Gasteiger partial charge in [-0.2, -0.15) is 0 Å². The van der Waals surface area contributed by atoms with Crippen LogP contribution in [0.15, 0.2) is 12.3 Å². The summed E-state index contributed by atoms with van der Waals surface area (Å²) in [7, 11) is 0. The fourth-order valence-corrected chi connectivity index (χ4v) is 0.672. The molecule has 0 saturated carbocycles. The molecule has 3 nitrogen and oxygen atoms in total. The summed E-state index contributed by atoms with van der Waals surface area (Å²) in [4.78, 5) is 19.9. The topological polar surface area (TPSA) is 35.5 Å². The minimum Gasteiger partial charge on any atom is -0.292 e. The number of rotatable bonds is 6. The van der Waals surface area contributed by atoms with Crippen LogP contribution in [0.1, 0.15) is 39.5 Å². The Bertz CT molecular complexity index is 134. The standard InChI is InChI=1S/C9H16O3/c1-4-6-8(3)11-12-9(10)7-5-2/h3-7H2,1-2H3. The zero-order valence-corrected chi connectivity index (χ0v) is 7.76. The molecule has 12 heavy (non-hydrogen) atoms. The van der Waals surface area contributed by atoms with Crippen molar-refractivity contribution in [2.45, 2.75) is 39.5 Å². The fourth-order valence-electron chi connectivity index (χ4n) is 0.672. The van der Waals surface area contributed by atoms with E-state index in [1.165, 1.54) is 0 Å². The Balaban J connectivity index is 3.40. The van der Waals surface area contributed by atoms with Gasteiger partial charge in [-0.05, 0) is 12.8 Å². The summed E-state index contributed by atoms with van der Waals surface area (Å²) < 4.78 is 0. The Hall–Kier alpha value is -0.990. The zero-order valence-electron chi connectivity index (χ0n) is 7.76. The highest BCUT2D eigenvalue weighted by Crippen LogP contribution is 2.04. The van der Waals surface area contributed by atoms with E-state index in [4.69, 9.17) is 0 Å². The lowest BCUT2D eigenvalue weighted by Gasteiger charge is -2.04. The average molecular weight is 172 g/mol. The Morgan fingerprint density at radius 2 is 1.75 bits per heavy atom. The highest BCUT2D eigenvalue weighted by molar-refractivity contribution is 5.68. The maximum absolute atomic E-state index is 10.8. The second-order valence-corrected chi connectivity index (χ2v) is 2.58. The summed E-state index contributed by atoms with van der Waals surface area (Å²) in [5, 5.41) is 0. The van der Waals surface area contributed by atoms with E-state index in [1.54, 1.807) is 0 Å². The van der Waals surface area contributed by atoms with E-state index in [1.807, 2.05) is 13.8 Å². The van der Waals surface area contributed by atoms with E-state index >= 15 is 0 Å². The van der Waals surface area contributed by atoms with Crippen LogP contribution in [-0.4, -0.2) is 5.97 Å². The second-order valence-electron chi connectivity index (χ2n) is 2.58. The van der Waals surface area contributed by atoms with E-state index in [2.05, 4.69) is 16.4 Å². The maximum atomic E-state index is 10.8. The number of carbonyl (C=O) groups is 1. The molecule has 0 aromatic heterocycles. The maximum Gasteiger partial charge on any atom is 0.355 e. The molecule has 0 saturated heterocycles. The molecule has 0 unspecified atom stereocenters.